The Balaban J connectivity index is 2.61. The van der Waals surface area contributed by atoms with Crippen LogP contribution in [0.2, 0.25) is 0 Å². The van der Waals surface area contributed by atoms with Crippen LogP contribution in [0.1, 0.15) is 25.7 Å². The predicted molar refractivity (Wildman–Crippen MR) is 49.1 cm³/mol. The van der Waals surface area contributed by atoms with E-state index in [9.17, 15) is 9.90 Å². The van der Waals surface area contributed by atoms with Gasteiger partial charge in [0.2, 0.25) is 0 Å². The van der Waals surface area contributed by atoms with Gasteiger partial charge >= 0.3 is 0 Å². The summed E-state index contributed by atoms with van der Waals surface area (Å²) >= 11 is 0. The van der Waals surface area contributed by atoms with Crippen molar-refractivity contribution in [1.82, 2.24) is 0 Å². The normalized spacial score (nSPS) is 33.8. The van der Waals surface area contributed by atoms with Gasteiger partial charge in [-0.25, -0.2) is 0 Å². The van der Waals surface area contributed by atoms with E-state index in [4.69, 9.17) is 11.5 Å². The Kier molecular flexibility index (Phi) is 2.87. The lowest BCUT2D eigenvalue weighted by atomic mass is 9.83. The summed E-state index contributed by atoms with van der Waals surface area (Å²) in [6.45, 7) is 0. The van der Waals surface area contributed by atoms with E-state index in [1.54, 1.807) is 0 Å². The highest BCUT2D eigenvalue weighted by Crippen LogP contribution is 2.28. The monoisotopic (exact) mass is 185 g/mol. The second kappa shape index (κ2) is 3.74. The molecule has 0 aromatic heterocycles. The molecular formula is C8H15N3O2. The smallest absolute Gasteiger partial charge is 0.186 e. The van der Waals surface area contributed by atoms with Gasteiger partial charge in [-0.3, -0.25) is 4.99 Å². The molecule has 1 saturated carbocycles. The molecule has 5 N–H and O–H groups in total. The molecule has 2 unspecified atom stereocenters. The van der Waals surface area contributed by atoms with Crippen molar-refractivity contribution in [3.63, 3.8) is 0 Å². The van der Waals surface area contributed by atoms with Crippen molar-refractivity contribution in [2.75, 3.05) is 0 Å². The molecule has 0 radical (unpaired) electrons. The number of nitrogens with zero attached hydrogens (tertiary/aromatic N) is 1. The Morgan fingerprint density at radius 1 is 1.62 bits per heavy atom. The van der Waals surface area contributed by atoms with Crippen molar-refractivity contribution in [2.24, 2.45) is 16.5 Å². The van der Waals surface area contributed by atoms with Crippen molar-refractivity contribution in [3.8, 4) is 0 Å². The molecule has 0 aromatic rings. The van der Waals surface area contributed by atoms with Crippen molar-refractivity contribution < 1.29 is 9.90 Å². The van der Waals surface area contributed by atoms with Gasteiger partial charge in [0.1, 0.15) is 5.60 Å². The van der Waals surface area contributed by atoms with Crippen LogP contribution in [0, 0.1) is 0 Å². The summed E-state index contributed by atoms with van der Waals surface area (Å²) in [5.74, 6) is 0.0140. The minimum atomic E-state index is -1.22. The number of nitrogens with two attached hydrogens (primary N) is 2. The highest BCUT2D eigenvalue weighted by atomic mass is 16.3. The first-order valence-electron chi connectivity index (χ1n) is 4.33. The summed E-state index contributed by atoms with van der Waals surface area (Å²) < 4.78 is 0. The van der Waals surface area contributed by atoms with Crippen LogP contribution in [0.25, 0.3) is 0 Å². The minimum Gasteiger partial charge on any atom is -0.382 e. The first kappa shape index (κ1) is 9.98. The van der Waals surface area contributed by atoms with Crippen molar-refractivity contribution in [2.45, 2.75) is 37.3 Å². The number of aliphatic imine (C=N–C) groups is 1. The lowest BCUT2D eigenvalue weighted by Crippen LogP contribution is -2.39. The Morgan fingerprint density at radius 3 is 2.85 bits per heavy atom. The molecule has 5 heteroatoms. The zero-order valence-electron chi connectivity index (χ0n) is 7.44. The van der Waals surface area contributed by atoms with E-state index in [1.807, 2.05) is 0 Å². The lowest BCUT2D eigenvalue weighted by Gasteiger charge is -2.30. The van der Waals surface area contributed by atoms with Crippen LogP contribution in [0.4, 0.5) is 0 Å². The SMILES string of the molecule is NC(N)=NC1CCCC(O)(C=O)C1. The van der Waals surface area contributed by atoms with Crippen LogP contribution >= 0.6 is 0 Å². The highest BCUT2D eigenvalue weighted by Gasteiger charge is 2.33. The third-order valence-corrected chi connectivity index (χ3v) is 2.29. The molecular weight excluding hydrogens is 170 g/mol. The molecule has 5 nitrogen and oxygen atoms in total. The maximum absolute atomic E-state index is 10.6. The summed E-state index contributed by atoms with van der Waals surface area (Å²) in [4.78, 5) is 14.5. The van der Waals surface area contributed by atoms with Crippen LogP contribution < -0.4 is 11.5 Å². The quantitative estimate of drug-likeness (QED) is 0.296. The number of hydrogen-bond acceptors (Lipinski definition) is 3. The van der Waals surface area contributed by atoms with E-state index in [0.29, 0.717) is 19.1 Å². The molecule has 0 spiro atoms. The molecule has 1 rings (SSSR count). The number of guanidine groups is 1. The summed E-state index contributed by atoms with van der Waals surface area (Å²) in [7, 11) is 0. The second-order valence-electron chi connectivity index (χ2n) is 3.53. The average molecular weight is 185 g/mol. The van der Waals surface area contributed by atoms with E-state index in [2.05, 4.69) is 4.99 Å². The summed E-state index contributed by atoms with van der Waals surface area (Å²) in [5.41, 5.74) is 9.20. The molecule has 1 fully saturated rings. The molecule has 1 aliphatic rings. The molecule has 0 amide bonds. The van der Waals surface area contributed by atoms with Gasteiger partial charge < -0.3 is 21.4 Å². The maximum Gasteiger partial charge on any atom is 0.186 e. The van der Waals surface area contributed by atoms with E-state index in [1.165, 1.54) is 0 Å². The number of aldehydes is 1. The van der Waals surface area contributed by atoms with E-state index in [-0.39, 0.29) is 12.0 Å². The number of carbonyl (C=O) groups is 1. The largest absolute Gasteiger partial charge is 0.382 e. The van der Waals surface area contributed by atoms with E-state index >= 15 is 0 Å². The van der Waals surface area contributed by atoms with Gasteiger partial charge in [0.25, 0.3) is 0 Å². The molecule has 0 aromatic carbocycles. The third kappa shape index (κ3) is 2.69. The van der Waals surface area contributed by atoms with Gasteiger partial charge in [-0.05, 0) is 19.3 Å². The van der Waals surface area contributed by atoms with Gasteiger partial charge in [-0.15, -0.1) is 0 Å². The Hall–Kier alpha value is -1.10. The average Bonchev–Trinajstić information content (AvgIpc) is 2.03. The Bertz CT molecular complexity index is 225. The van der Waals surface area contributed by atoms with E-state index < -0.39 is 5.60 Å². The van der Waals surface area contributed by atoms with Gasteiger partial charge in [0, 0.05) is 6.42 Å². The molecule has 13 heavy (non-hydrogen) atoms. The van der Waals surface area contributed by atoms with Crippen LogP contribution in [0.5, 0.6) is 0 Å². The first-order chi connectivity index (χ1) is 6.06. The highest BCUT2D eigenvalue weighted by molar-refractivity contribution is 5.76. The molecule has 2 atom stereocenters. The van der Waals surface area contributed by atoms with Crippen molar-refractivity contribution in [3.05, 3.63) is 0 Å². The zero-order chi connectivity index (χ0) is 9.90. The fourth-order valence-electron chi connectivity index (χ4n) is 1.68. The predicted octanol–water partition coefficient (Wildman–Crippen LogP) is -0.868. The first-order valence-corrected chi connectivity index (χ1v) is 4.33. The molecule has 1 aliphatic carbocycles. The summed E-state index contributed by atoms with van der Waals surface area (Å²) in [6, 6.07) is -0.117. The molecule has 0 aliphatic heterocycles. The Labute approximate surface area is 76.8 Å². The van der Waals surface area contributed by atoms with Crippen LogP contribution in [0.15, 0.2) is 4.99 Å². The maximum atomic E-state index is 10.6. The fourth-order valence-corrected chi connectivity index (χ4v) is 1.68. The van der Waals surface area contributed by atoms with Gasteiger partial charge in [0.05, 0.1) is 6.04 Å². The molecule has 0 bridgehead atoms. The lowest BCUT2D eigenvalue weighted by molar-refractivity contribution is -0.127. The van der Waals surface area contributed by atoms with Gasteiger partial charge in [-0.1, -0.05) is 0 Å². The minimum absolute atomic E-state index is 0.0140. The van der Waals surface area contributed by atoms with Crippen LogP contribution in [0.3, 0.4) is 0 Å². The molecule has 0 heterocycles. The van der Waals surface area contributed by atoms with Gasteiger partial charge in [-0.2, -0.15) is 0 Å². The number of aliphatic hydroxyl groups is 1. The third-order valence-electron chi connectivity index (χ3n) is 2.29. The van der Waals surface area contributed by atoms with Gasteiger partial charge in [0.15, 0.2) is 12.2 Å². The zero-order valence-corrected chi connectivity index (χ0v) is 7.44. The topological polar surface area (TPSA) is 102 Å². The van der Waals surface area contributed by atoms with Crippen molar-refractivity contribution >= 4 is 12.2 Å². The number of hydrogen-bond donors (Lipinski definition) is 3. The van der Waals surface area contributed by atoms with E-state index in [0.717, 1.165) is 12.8 Å². The number of carbonyl (C=O) groups excluding carboxylic acids is 1. The fraction of sp³-hybridized carbons (Fsp3) is 0.750. The summed E-state index contributed by atoms with van der Waals surface area (Å²) in [6.07, 6.45) is 3.02. The molecule has 74 valence electrons. The van der Waals surface area contributed by atoms with Crippen molar-refractivity contribution in [1.29, 1.82) is 0 Å². The molecule has 0 saturated heterocycles. The number of rotatable bonds is 2. The second-order valence-corrected chi connectivity index (χ2v) is 3.53. The standard InChI is InChI=1S/C8H15N3O2/c9-7(10)11-6-2-1-3-8(13,4-6)5-12/h5-6,13H,1-4H2,(H4,9,10,11). The Morgan fingerprint density at radius 2 is 2.31 bits per heavy atom. The van der Waals surface area contributed by atoms with Crippen LogP contribution in [-0.4, -0.2) is 29.0 Å². The summed E-state index contributed by atoms with van der Waals surface area (Å²) in [5, 5.41) is 9.64. The van der Waals surface area contributed by atoms with Crippen LogP contribution in [-0.2, 0) is 4.79 Å².